The van der Waals surface area contributed by atoms with Crippen LogP contribution in [0.5, 0.6) is 0 Å². The van der Waals surface area contributed by atoms with Gasteiger partial charge in [-0.2, -0.15) is 13.2 Å². The van der Waals surface area contributed by atoms with Crippen molar-refractivity contribution >= 4 is 17.8 Å². The van der Waals surface area contributed by atoms with Gasteiger partial charge in [-0.3, -0.25) is 4.98 Å². The third kappa shape index (κ3) is 3.02. The maximum absolute atomic E-state index is 12.9. The van der Waals surface area contributed by atoms with Crippen molar-refractivity contribution in [3.8, 4) is 11.4 Å². The molecule has 0 spiro atoms. The number of fused-ring (bicyclic) bond motifs is 1. The smallest absolute Gasteiger partial charge is 0.330 e. The van der Waals surface area contributed by atoms with E-state index in [0.29, 0.717) is 17.9 Å². The molecule has 2 aromatic rings. The summed E-state index contributed by atoms with van der Waals surface area (Å²) in [4.78, 5) is 9.59. The number of pyridine rings is 1. The zero-order valence-electron chi connectivity index (χ0n) is 12.8. The molecule has 0 saturated heterocycles. The highest BCUT2D eigenvalue weighted by Gasteiger charge is 2.36. The average Bonchev–Trinajstić information content (AvgIpc) is 2.84. The number of imidazole rings is 1. The quantitative estimate of drug-likeness (QED) is 0.772. The molecular formula is C16H16F3N3S. The molecule has 0 aromatic carbocycles. The van der Waals surface area contributed by atoms with Gasteiger partial charge in [0.15, 0.2) is 0 Å². The first-order chi connectivity index (χ1) is 10.9. The van der Waals surface area contributed by atoms with Crippen LogP contribution >= 0.6 is 11.8 Å². The Kier molecular flexibility index (Phi) is 4.23. The lowest BCUT2D eigenvalue weighted by Crippen LogP contribution is -2.16. The Morgan fingerprint density at radius 3 is 2.78 bits per heavy atom. The summed E-state index contributed by atoms with van der Waals surface area (Å²) >= 11 is 1.64. The maximum atomic E-state index is 12.9. The van der Waals surface area contributed by atoms with E-state index in [9.17, 15) is 13.2 Å². The van der Waals surface area contributed by atoms with Gasteiger partial charge >= 0.3 is 6.18 Å². The average molecular weight is 339 g/mol. The Labute approximate surface area is 136 Å². The van der Waals surface area contributed by atoms with E-state index < -0.39 is 11.7 Å². The third-order valence-corrected chi connectivity index (χ3v) is 4.80. The molecule has 122 valence electrons. The van der Waals surface area contributed by atoms with E-state index in [-0.39, 0.29) is 6.42 Å². The highest BCUT2D eigenvalue weighted by atomic mass is 32.2. The van der Waals surface area contributed by atoms with E-state index in [1.54, 1.807) is 24.2 Å². The summed E-state index contributed by atoms with van der Waals surface area (Å²) in [6.07, 6.45) is 0.702. The van der Waals surface area contributed by atoms with Crippen molar-refractivity contribution in [3.63, 3.8) is 0 Å². The molecule has 0 saturated carbocycles. The zero-order chi connectivity index (χ0) is 16.6. The number of allylic oxidation sites excluding steroid dienone is 1. The second kappa shape index (κ2) is 6.03. The molecular weight excluding hydrogens is 323 g/mol. The first kappa shape index (κ1) is 16.1. The van der Waals surface area contributed by atoms with Crippen LogP contribution in [0, 0.1) is 0 Å². The van der Waals surface area contributed by atoms with Gasteiger partial charge in [0, 0.05) is 41.2 Å². The van der Waals surface area contributed by atoms with E-state index in [0.717, 1.165) is 21.9 Å². The van der Waals surface area contributed by atoms with Crippen LogP contribution in [-0.4, -0.2) is 26.5 Å². The van der Waals surface area contributed by atoms with Crippen molar-refractivity contribution in [2.75, 3.05) is 5.75 Å². The van der Waals surface area contributed by atoms with Crippen LogP contribution < -0.4 is 0 Å². The molecule has 0 amide bonds. The lowest BCUT2D eigenvalue weighted by Gasteiger charge is -2.16. The van der Waals surface area contributed by atoms with E-state index >= 15 is 0 Å². The fourth-order valence-electron chi connectivity index (χ4n) is 2.75. The fraction of sp³-hybridized carbons (Fsp3) is 0.375. The molecule has 0 fully saturated rings. The van der Waals surface area contributed by atoms with Crippen LogP contribution in [0.2, 0.25) is 0 Å². The monoisotopic (exact) mass is 339 g/mol. The minimum Gasteiger partial charge on any atom is -0.330 e. The molecule has 1 aliphatic rings. The summed E-state index contributed by atoms with van der Waals surface area (Å²) in [6.45, 7) is 2.04. The highest BCUT2D eigenvalue weighted by Crippen LogP contribution is 2.37. The maximum Gasteiger partial charge on any atom is 0.412 e. The normalized spacial score (nSPS) is 14.6. The Morgan fingerprint density at radius 1 is 1.30 bits per heavy atom. The van der Waals surface area contributed by atoms with Crippen LogP contribution in [0.1, 0.15) is 24.7 Å². The predicted molar refractivity (Wildman–Crippen MR) is 85.2 cm³/mol. The first-order valence-corrected chi connectivity index (χ1v) is 8.31. The minimum atomic E-state index is -4.28. The molecule has 0 N–H and O–H groups in total. The summed E-state index contributed by atoms with van der Waals surface area (Å²) in [7, 11) is 1.86. The van der Waals surface area contributed by atoms with E-state index in [2.05, 4.69) is 9.97 Å². The Morgan fingerprint density at radius 2 is 2.09 bits per heavy atom. The van der Waals surface area contributed by atoms with Gasteiger partial charge in [-0.25, -0.2) is 4.98 Å². The number of rotatable bonds is 3. The minimum absolute atomic E-state index is 0.00237. The number of hydrogen-bond donors (Lipinski definition) is 0. The SMILES string of the molecule is CCSc1cnccc1-c1nc2c(n1C)CCC(C(F)(F)F)=C2. The molecule has 0 atom stereocenters. The molecule has 0 unspecified atom stereocenters. The summed E-state index contributed by atoms with van der Waals surface area (Å²) < 4.78 is 40.6. The number of hydrogen-bond acceptors (Lipinski definition) is 3. The summed E-state index contributed by atoms with van der Waals surface area (Å²) in [5.74, 6) is 1.58. The van der Waals surface area contributed by atoms with Gasteiger partial charge in [0.05, 0.1) is 5.69 Å². The van der Waals surface area contributed by atoms with Crippen molar-refractivity contribution < 1.29 is 13.2 Å². The molecule has 23 heavy (non-hydrogen) atoms. The van der Waals surface area contributed by atoms with E-state index in [4.69, 9.17) is 0 Å². The van der Waals surface area contributed by atoms with Crippen molar-refractivity contribution in [1.82, 2.24) is 14.5 Å². The fourth-order valence-corrected chi connectivity index (χ4v) is 3.52. The molecule has 2 aromatic heterocycles. The molecule has 3 rings (SSSR count). The molecule has 2 heterocycles. The second-order valence-corrected chi connectivity index (χ2v) is 6.60. The van der Waals surface area contributed by atoms with Crippen molar-refractivity contribution in [2.24, 2.45) is 7.05 Å². The molecule has 0 aliphatic heterocycles. The summed E-state index contributed by atoms with van der Waals surface area (Å²) in [5, 5.41) is 0. The summed E-state index contributed by atoms with van der Waals surface area (Å²) in [5.41, 5.74) is 1.67. The predicted octanol–water partition coefficient (Wildman–Crippen LogP) is 4.49. The lowest BCUT2D eigenvalue weighted by molar-refractivity contribution is -0.0931. The summed E-state index contributed by atoms with van der Waals surface area (Å²) in [6, 6.07) is 1.86. The van der Waals surface area contributed by atoms with Crippen LogP contribution in [-0.2, 0) is 13.5 Å². The highest BCUT2D eigenvalue weighted by molar-refractivity contribution is 7.99. The third-order valence-electron chi connectivity index (χ3n) is 3.88. The van der Waals surface area contributed by atoms with Crippen molar-refractivity contribution in [2.45, 2.75) is 30.8 Å². The van der Waals surface area contributed by atoms with Gasteiger partial charge in [0.25, 0.3) is 0 Å². The molecule has 0 radical (unpaired) electrons. The number of nitrogens with zero attached hydrogens (tertiary/aromatic N) is 3. The van der Waals surface area contributed by atoms with Crippen molar-refractivity contribution in [1.29, 1.82) is 0 Å². The molecule has 7 heteroatoms. The Balaban J connectivity index is 2.09. The Bertz CT molecular complexity index is 762. The molecule has 1 aliphatic carbocycles. The number of halogens is 3. The Hall–Kier alpha value is -1.76. The second-order valence-electron chi connectivity index (χ2n) is 5.30. The van der Waals surface area contributed by atoms with Crippen LogP contribution in [0.4, 0.5) is 13.2 Å². The lowest BCUT2D eigenvalue weighted by atomic mass is 10.00. The molecule has 3 nitrogen and oxygen atoms in total. The van der Waals surface area contributed by atoms with E-state index in [1.807, 2.05) is 24.6 Å². The van der Waals surface area contributed by atoms with Crippen LogP contribution in [0.15, 0.2) is 28.9 Å². The van der Waals surface area contributed by atoms with Crippen LogP contribution in [0.3, 0.4) is 0 Å². The number of alkyl halides is 3. The van der Waals surface area contributed by atoms with Gasteiger partial charge in [-0.1, -0.05) is 6.92 Å². The largest absolute Gasteiger partial charge is 0.412 e. The van der Waals surface area contributed by atoms with Gasteiger partial charge in [-0.05, 0) is 30.7 Å². The topological polar surface area (TPSA) is 30.7 Å². The van der Waals surface area contributed by atoms with E-state index in [1.165, 1.54) is 6.08 Å². The molecule has 0 bridgehead atoms. The zero-order valence-corrected chi connectivity index (χ0v) is 13.6. The number of thioether (sulfide) groups is 1. The van der Waals surface area contributed by atoms with Gasteiger partial charge in [-0.15, -0.1) is 11.8 Å². The van der Waals surface area contributed by atoms with Gasteiger partial charge < -0.3 is 4.57 Å². The standard InChI is InChI=1S/C16H16F3N3S/c1-3-23-14-9-20-7-6-11(14)15-21-12-8-10(16(17,18)19)4-5-13(12)22(15)2/h6-9H,3-5H2,1-2H3. The first-order valence-electron chi connectivity index (χ1n) is 7.32. The van der Waals surface area contributed by atoms with Crippen molar-refractivity contribution in [3.05, 3.63) is 35.4 Å². The van der Waals surface area contributed by atoms with Gasteiger partial charge in [0.2, 0.25) is 0 Å². The van der Waals surface area contributed by atoms with Gasteiger partial charge in [0.1, 0.15) is 5.82 Å². The number of aromatic nitrogens is 3. The van der Waals surface area contributed by atoms with Crippen LogP contribution in [0.25, 0.3) is 17.5 Å².